The molecule has 0 aliphatic carbocycles. The van der Waals surface area contributed by atoms with Crippen molar-refractivity contribution in [1.82, 2.24) is 4.98 Å². The second-order valence-corrected chi connectivity index (χ2v) is 12.0. The molecule has 0 radical (unpaired) electrons. The highest BCUT2D eigenvalue weighted by Gasteiger charge is 2.29. The van der Waals surface area contributed by atoms with Crippen molar-refractivity contribution in [3.63, 3.8) is 0 Å². The van der Waals surface area contributed by atoms with Crippen molar-refractivity contribution in [1.29, 1.82) is 0 Å². The van der Waals surface area contributed by atoms with Crippen LogP contribution in [0.1, 0.15) is 23.2 Å². The Hall–Kier alpha value is -3.67. The van der Waals surface area contributed by atoms with E-state index in [1.165, 1.54) is 47.0 Å². The molecule has 0 bridgehead atoms. The summed E-state index contributed by atoms with van der Waals surface area (Å²) in [6, 6.07) is 18.4. The fraction of sp³-hybridized carbons (Fsp3) is 0.286. The lowest BCUT2D eigenvalue weighted by atomic mass is 10.2. The highest BCUT2D eigenvalue weighted by atomic mass is 32.2. The molecule has 2 heterocycles. The molecular weight excluding hydrogens is 538 g/mol. The number of nitrogens with zero attached hydrogens (tertiary/aromatic N) is 3. The quantitative estimate of drug-likeness (QED) is 0.282. The molecule has 1 aliphatic heterocycles. The van der Waals surface area contributed by atoms with Crippen LogP contribution in [0.15, 0.2) is 71.6 Å². The van der Waals surface area contributed by atoms with Crippen LogP contribution in [0.4, 0.5) is 10.8 Å². The van der Waals surface area contributed by atoms with E-state index in [0.29, 0.717) is 46.5 Å². The van der Waals surface area contributed by atoms with Gasteiger partial charge in [0.05, 0.1) is 37.5 Å². The highest BCUT2D eigenvalue weighted by molar-refractivity contribution is 7.92. The van der Waals surface area contributed by atoms with Gasteiger partial charge in [-0.2, -0.15) is 0 Å². The fourth-order valence-corrected chi connectivity index (χ4v) is 6.77. The van der Waals surface area contributed by atoms with E-state index >= 15 is 0 Å². The van der Waals surface area contributed by atoms with Gasteiger partial charge in [-0.25, -0.2) is 13.4 Å². The van der Waals surface area contributed by atoms with Crippen LogP contribution >= 0.6 is 11.3 Å². The Kier molecular flexibility index (Phi) is 7.74. The van der Waals surface area contributed by atoms with Crippen molar-refractivity contribution in [2.24, 2.45) is 0 Å². The van der Waals surface area contributed by atoms with Crippen LogP contribution in [0.2, 0.25) is 0 Å². The zero-order valence-corrected chi connectivity index (χ0v) is 23.5. The van der Waals surface area contributed by atoms with Gasteiger partial charge < -0.3 is 14.2 Å². The molecular formula is C28H29N3O6S2. The average Bonchev–Trinajstić information content (AvgIpc) is 3.65. The van der Waals surface area contributed by atoms with Crippen molar-refractivity contribution in [2.45, 2.75) is 23.8 Å². The summed E-state index contributed by atoms with van der Waals surface area (Å²) in [6.07, 6.45) is 1.64. The van der Waals surface area contributed by atoms with Crippen molar-refractivity contribution in [3.8, 4) is 11.5 Å². The van der Waals surface area contributed by atoms with E-state index in [1.54, 1.807) is 55.5 Å². The number of sulfonamides is 1. The summed E-state index contributed by atoms with van der Waals surface area (Å²) in [5, 5.41) is 0.480. The van der Waals surface area contributed by atoms with E-state index in [4.69, 9.17) is 19.2 Å². The topological polar surface area (TPSA) is 98.3 Å². The largest absolute Gasteiger partial charge is 0.495 e. The molecule has 1 atom stereocenters. The Morgan fingerprint density at radius 1 is 1.03 bits per heavy atom. The van der Waals surface area contributed by atoms with Crippen molar-refractivity contribution < 1.29 is 27.4 Å². The Bertz CT molecular complexity index is 1530. The van der Waals surface area contributed by atoms with Crippen LogP contribution in [0.25, 0.3) is 10.2 Å². The number of para-hydroxylation sites is 1. The van der Waals surface area contributed by atoms with Gasteiger partial charge >= 0.3 is 0 Å². The van der Waals surface area contributed by atoms with Gasteiger partial charge in [0.15, 0.2) is 5.13 Å². The van der Waals surface area contributed by atoms with Crippen molar-refractivity contribution in [3.05, 3.63) is 72.3 Å². The third kappa shape index (κ3) is 5.29. The molecule has 0 N–H and O–H groups in total. The fourth-order valence-electron chi connectivity index (χ4n) is 4.49. The molecule has 3 aromatic carbocycles. The maximum atomic E-state index is 13.8. The number of benzene rings is 3. The zero-order chi connectivity index (χ0) is 27.6. The minimum absolute atomic E-state index is 0.0885. The maximum absolute atomic E-state index is 13.8. The van der Waals surface area contributed by atoms with E-state index in [-0.39, 0.29) is 16.9 Å². The number of methoxy groups -OCH3 is 2. The minimum Gasteiger partial charge on any atom is -0.495 e. The number of ether oxygens (including phenoxy) is 3. The number of hydrogen-bond donors (Lipinski definition) is 0. The molecule has 5 rings (SSSR count). The lowest BCUT2D eigenvalue weighted by Gasteiger charge is -2.23. The summed E-state index contributed by atoms with van der Waals surface area (Å²) in [7, 11) is 0.849. The van der Waals surface area contributed by atoms with Crippen LogP contribution in [0.3, 0.4) is 0 Å². The molecule has 1 aromatic heterocycles. The molecule has 204 valence electrons. The van der Waals surface area contributed by atoms with E-state index in [0.717, 1.165) is 17.5 Å². The molecule has 1 unspecified atom stereocenters. The summed E-state index contributed by atoms with van der Waals surface area (Å²) < 4.78 is 45.2. The first-order chi connectivity index (χ1) is 18.8. The number of anilines is 2. The van der Waals surface area contributed by atoms with Gasteiger partial charge in [0.2, 0.25) is 0 Å². The Morgan fingerprint density at radius 3 is 2.36 bits per heavy atom. The SMILES string of the molecule is COc1ccc(OC)c2sc(N(CC3CCCO3)C(=O)c3ccc(S(=O)(=O)N(C)c4ccccc4)cc3)nc12. The average molecular weight is 568 g/mol. The molecule has 11 heteroatoms. The molecule has 1 amide bonds. The third-order valence-electron chi connectivity index (χ3n) is 6.66. The number of carbonyl (C=O) groups excluding carboxylic acids is 1. The first-order valence-corrected chi connectivity index (χ1v) is 14.7. The van der Waals surface area contributed by atoms with Crippen LogP contribution < -0.4 is 18.7 Å². The number of hydrogen-bond acceptors (Lipinski definition) is 8. The van der Waals surface area contributed by atoms with Crippen molar-refractivity contribution >= 4 is 48.3 Å². The van der Waals surface area contributed by atoms with Gasteiger partial charge in [-0.3, -0.25) is 14.0 Å². The number of carbonyl (C=O) groups is 1. The molecule has 0 spiro atoms. The number of aromatic nitrogens is 1. The van der Waals surface area contributed by atoms with Gasteiger partial charge in [0.25, 0.3) is 15.9 Å². The van der Waals surface area contributed by atoms with Crippen LogP contribution in [0.5, 0.6) is 11.5 Å². The first kappa shape index (κ1) is 26.9. The monoisotopic (exact) mass is 567 g/mol. The number of amides is 1. The lowest BCUT2D eigenvalue weighted by molar-refractivity contribution is 0.0917. The van der Waals surface area contributed by atoms with E-state index < -0.39 is 10.0 Å². The van der Waals surface area contributed by atoms with Crippen LogP contribution in [0, 0.1) is 0 Å². The summed E-state index contributed by atoms with van der Waals surface area (Å²) in [5.74, 6) is 0.911. The summed E-state index contributed by atoms with van der Waals surface area (Å²) >= 11 is 1.33. The van der Waals surface area contributed by atoms with E-state index in [2.05, 4.69) is 0 Å². The smallest absolute Gasteiger partial charge is 0.264 e. The Balaban J connectivity index is 1.48. The summed E-state index contributed by atoms with van der Waals surface area (Å²) in [5.41, 5.74) is 1.49. The number of thiazole rings is 1. The molecule has 9 nitrogen and oxygen atoms in total. The van der Waals surface area contributed by atoms with Crippen molar-refractivity contribution in [2.75, 3.05) is 43.6 Å². The summed E-state index contributed by atoms with van der Waals surface area (Å²) in [6.45, 7) is 0.968. The summed E-state index contributed by atoms with van der Waals surface area (Å²) in [4.78, 5) is 20.3. The maximum Gasteiger partial charge on any atom is 0.264 e. The Morgan fingerprint density at radius 2 is 1.72 bits per heavy atom. The van der Waals surface area contributed by atoms with Gasteiger partial charge in [-0.1, -0.05) is 29.5 Å². The molecule has 1 fully saturated rings. The van der Waals surface area contributed by atoms with Crippen LogP contribution in [-0.4, -0.2) is 59.8 Å². The number of rotatable bonds is 9. The van der Waals surface area contributed by atoms with E-state index in [9.17, 15) is 13.2 Å². The van der Waals surface area contributed by atoms with Gasteiger partial charge in [-0.15, -0.1) is 0 Å². The molecule has 39 heavy (non-hydrogen) atoms. The Labute approximate surface area is 231 Å². The zero-order valence-electron chi connectivity index (χ0n) is 21.9. The number of fused-ring (bicyclic) bond motifs is 1. The molecule has 1 saturated heterocycles. The molecule has 1 aliphatic rings. The first-order valence-electron chi connectivity index (χ1n) is 12.4. The van der Waals surface area contributed by atoms with Gasteiger partial charge in [0, 0.05) is 19.2 Å². The van der Waals surface area contributed by atoms with Crippen LogP contribution in [-0.2, 0) is 14.8 Å². The highest BCUT2D eigenvalue weighted by Crippen LogP contribution is 2.40. The van der Waals surface area contributed by atoms with E-state index in [1.807, 2.05) is 6.07 Å². The standard InChI is InChI=1S/C28H29N3O6S2/c1-30(20-8-5-4-6-9-20)39(33,34)22-13-11-19(12-14-22)27(32)31(18-21-10-7-17-37-21)28-29-25-23(35-2)15-16-24(36-3)26(25)38-28/h4-6,8-9,11-16,21H,7,10,17-18H2,1-3H3. The predicted molar refractivity (Wildman–Crippen MR) is 152 cm³/mol. The lowest BCUT2D eigenvalue weighted by Crippen LogP contribution is -2.37. The second-order valence-electron chi connectivity index (χ2n) is 9.03. The van der Waals surface area contributed by atoms with Gasteiger partial charge in [-0.05, 0) is 61.4 Å². The predicted octanol–water partition coefficient (Wildman–Crippen LogP) is 4.96. The van der Waals surface area contributed by atoms with Gasteiger partial charge in [0.1, 0.15) is 21.7 Å². The molecule has 4 aromatic rings. The third-order valence-corrected chi connectivity index (χ3v) is 9.56. The second kappa shape index (κ2) is 11.2. The molecule has 0 saturated carbocycles. The minimum atomic E-state index is -3.81. The normalized spacial score (nSPS) is 15.3.